The van der Waals surface area contributed by atoms with Gasteiger partial charge in [-0.15, -0.1) is 0 Å². The number of allylic oxidation sites excluding steroid dienone is 1. The van der Waals surface area contributed by atoms with Crippen molar-refractivity contribution in [2.75, 3.05) is 13.7 Å². The van der Waals surface area contributed by atoms with E-state index in [0.29, 0.717) is 23.3 Å². The normalized spacial score (nSPS) is 13.9. The molecule has 0 saturated heterocycles. The van der Waals surface area contributed by atoms with Gasteiger partial charge in [-0.2, -0.15) is 0 Å². The van der Waals surface area contributed by atoms with Crippen molar-refractivity contribution in [1.29, 1.82) is 0 Å². The first-order valence-corrected chi connectivity index (χ1v) is 5.66. The first-order chi connectivity index (χ1) is 7.65. The Labute approximate surface area is 102 Å². The van der Waals surface area contributed by atoms with Gasteiger partial charge in [-0.25, -0.2) is 0 Å². The van der Waals surface area contributed by atoms with E-state index in [1.54, 1.807) is 19.4 Å². The monoisotopic (exact) mass is 245 g/mol. The van der Waals surface area contributed by atoms with Gasteiger partial charge in [0.25, 0.3) is 0 Å². The summed E-state index contributed by atoms with van der Waals surface area (Å²) < 4.78 is 5.09. The second-order valence-electron chi connectivity index (χ2n) is 3.11. The lowest BCUT2D eigenvalue weighted by molar-refractivity contribution is 0.312. The van der Waals surface area contributed by atoms with E-state index in [-0.39, 0.29) is 0 Å². The zero-order chi connectivity index (χ0) is 12.4. The largest absolute Gasteiger partial charge is 0.491 e. The van der Waals surface area contributed by atoms with E-state index in [1.165, 1.54) is 0 Å². The van der Waals surface area contributed by atoms with Crippen LogP contribution in [-0.4, -0.2) is 19.5 Å². The van der Waals surface area contributed by atoms with Crippen LogP contribution in [0.4, 0.5) is 0 Å². The van der Waals surface area contributed by atoms with Gasteiger partial charge in [-0.3, -0.25) is 4.99 Å². The van der Waals surface area contributed by atoms with E-state index in [4.69, 9.17) is 22.1 Å². The maximum absolute atomic E-state index is 5.77. The predicted octanol–water partition coefficient (Wildman–Crippen LogP) is 2.32. The van der Waals surface area contributed by atoms with Crippen molar-refractivity contribution in [2.45, 2.75) is 26.7 Å². The number of amidine groups is 1. The summed E-state index contributed by atoms with van der Waals surface area (Å²) in [5.41, 5.74) is 5.75. The zero-order valence-corrected chi connectivity index (χ0v) is 10.8. The lowest BCUT2D eigenvalue weighted by Gasteiger charge is -2.06. The highest BCUT2D eigenvalue weighted by atomic mass is 35.5. The molecule has 0 aliphatic rings. The molecule has 5 heteroatoms. The smallest absolute Gasteiger partial charge is 0.176 e. The van der Waals surface area contributed by atoms with Gasteiger partial charge >= 0.3 is 0 Å². The van der Waals surface area contributed by atoms with Gasteiger partial charge < -0.3 is 15.8 Å². The lowest BCUT2D eigenvalue weighted by atomic mass is 10.3. The molecule has 3 N–H and O–H groups in total. The standard InChI is InChI=1S/C11H20ClN3O/c1-4-6-7-14-11(13)9(16-3)8-15-10(12)5-2/h5,8,15H,4,6-7H2,1-3H3,(H2,13,14)/b9-8?,10-5-. The molecule has 0 rings (SSSR count). The van der Waals surface area contributed by atoms with E-state index in [1.807, 2.05) is 6.92 Å². The van der Waals surface area contributed by atoms with Crippen LogP contribution in [0.2, 0.25) is 0 Å². The molecule has 0 saturated carbocycles. The molecule has 16 heavy (non-hydrogen) atoms. The minimum Gasteiger partial charge on any atom is -0.491 e. The van der Waals surface area contributed by atoms with Gasteiger partial charge in [0.05, 0.1) is 7.11 Å². The number of methoxy groups -OCH3 is 1. The van der Waals surface area contributed by atoms with Crippen molar-refractivity contribution in [3.8, 4) is 0 Å². The zero-order valence-electron chi connectivity index (χ0n) is 10.1. The maximum atomic E-state index is 5.77. The number of aliphatic imine (C=N–C) groups is 1. The van der Waals surface area contributed by atoms with E-state index in [0.717, 1.165) is 12.8 Å². The second-order valence-corrected chi connectivity index (χ2v) is 3.52. The SMILES string of the molecule is C/C=C(/Cl)NC=C(OC)C(N)=NCCCC. The fraction of sp³-hybridized carbons (Fsp3) is 0.545. The molecule has 0 fully saturated rings. The van der Waals surface area contributed by atoms with Crippen LogP contribution in [0, 0.1) is 0 Å². The van der Waals surface area contributed by atoms with Crippen molar-refractivity contribution < 1.29 is 4.74 Å². The Morgan fingerprint density at radius 3 is 2.75 bits per heavy atom. The number of hydrogen-bond acceptors (Lipinski definition) is 3. The van der Waals surface area contributed by atoms with Crippen molar-refractivity contribution in [3.63, 3.8) is 0 Å². The Morgan fingerprint density at radius 1 is 1.56 bits per heavy atom. The molecule has 0 aliphatic heterocycles. The fourth-order valence-electron chi connectivity index (χ4n) is 0.891. The van der Waals surface area contributed by atoms with Gasteiger partial charge in [0, 0.05) is 12.7 Å². The molecule has 0 heterocycles. The van der Waals surface area contributed by atoms with Crippen LogP contribution in [0.15, 0.2) is 28.2 Å². The van der Waals surface area contributed by atoms with Crippen LogP contribution >= 0.6 is 11.6 Å². The molecule has 0 aromatic carbocycles. The molecule has 0 radical (unpaired) electrons. The Balaban J connectivity index is 4.41. The number of ether oxygens (including phenoxy) is 1. The molecule has 0 aliphatic carbocycles. The molecule has 0 atom stereocenters. The van der Waals surface area contributed by atoms with Crippen LogP contribution in [0.5, 0.6) is 0 Å². The molecular weight excluding hydrogens is 226 g/mol. The van der Waals surface area contributed by atoms with Crippen molar-refractivity contribution >= 4 is 17.4 Å². The molecule has 0 aromatic rings. The molecule has 4 nitrogen and oxygen atoms in total. The van der Waals surface area contributed by atoms with E-state index in [9.17, 15) is 0 Å². The summed E-state index contributed by atoms with van der Waals surface area (Å²) in [7, 11) is 1.54. The number of nitrogens with two attached hydrogens (primary N) is 1. The third kappa shape index (κ3) is 6.35. The number of halogens is 1. The highest BCUT2D eigenvalue weighted by molar-refractivity contribution is 6.29. The Bertz CT molecular complexity index is 285. The third-order valence-corrected chi connectivity index (χ3v) is 2.19. The van der Waals surface area contributed by atoms with E-state index >= 15 is 0 Å². The number of rotatable bonds is 7. The van der Waals surface area contributed by atoms with Gasteiger partial charge in [0.15, 0.2) is 11.6 Å². The molecule has 0 bridgehead atoms. The van der Waals surface area contributed by atoms with Gasteiger partial charge in [0.2, 0.25) is 0 Å². The topological polar surface area (TPSA) is 59.6 Å². The predicted molar refractivity (Wildman–Crippen MR) is 69.2 cm³/mol. The molecular formula is C11H20ClN3O. The van der Waals surface area contributed by atoms with Gasteiger partial charge in [-0.05, 0) is 13.3 Å². The summed E-state index contributed by atoms with van der Waals surface area (Å²) in [5.74, 6) is 0.861. The van der Waals surface area contributed by atoms with Crippen molar-refractivity contribution in [2.24, 2.45) is 10.7 Å². The fourth-order valence-corrected chi connectivity index (χ4v) is 0.945. The number of hydrogen-bond donors (Lipinski definition) is 2. The highest BCUT2D eigenvalue weighted by Gasteiger charge is 2.01. The second kappa shape index (κ2) is 9.09. The third-order valence-electron chi connectivity index (χ3n) is 1.86. The molecule has 0 unspecified atom stereocenters. The minimum atomic E-state index is 0.379. The number of unbranched alkanes of at least 4 members (excludes halogenated alkanes) is 1. The Morgan fingerprint density at radius 2 is 2.25 bits per heavy atom. The van der Waals surface area contributed by atoms with Crippen LogP contribution in [0.25, 0.3) is 0 Å². The maximum Gasteiger partial charge on any atom is 0.176 e. The molecule has 92 valence electrons. The molecule has 0 aromatic heterocycles. The molecule has 0 spiro atoms. The average Bonchev–Trinajstić information content (AvgIpc) is 2.29. The lowest BCUT2D eigenvalue weighted by Crippen LogP contribution is -2.19. The summed E-state index contributed by atoms with van der Waals surface area (Å²) >= 11 is 5.77. The van der Waals surface area contributed by atoms with Gasteiger partial charge in [0.1, 0.15) is 5.16 Å². The molecule has 0 amide bonds. The summed E-state index contributed by atoms with van der Waals surface area (Å²) in [6, 6.07) is 0. The van der Waals surface area contributed by atoms with E-state index < -0.39 is 0 Å². The first-order valence-electron chi connectivity index (χ1n) is 5.28. The number of nitrogens with zero attached hydrogens (tertiary/aromatic N) is 1. The van der Waals surface area contributed by atoms with Crippen LogP contribution < -0.4 is 11.1 Å². The summed E-state index contributed by atoms with van der Waals surface area (Å²) in [4.78, 5) is 4.19. The minimum absolute atomic E-state index is 0.379. The van der Waals surface area contributed by atoms with Gasteiger partial charge in [-0.1, -0.05) is 31.0 Å². The first kappa shape index (κ1) is 14.8. The van der Waals surface area contributed by atoms with Crippen molar-refractivity contribution in [1.82, 2.24) is 5.32 Å². The average molecular weight is 246 g/mol. The summed E-state index contributed by atoms with van der Waals surface area (Å²) in [5, 5.41) is 3.34. The summed E-state index contributed by atoms with van der Waals surface area (Å²) in [6.45, 7) is 4.64. The number of nitrogens with one attached hydrogen (secondary N) is 1. The van der Waals surface area contributed by atoms with Crippen LogP contribution in [0.1, 0.15) is 26.7 Å². The van der Waals surface area contributed by atoms with Crippen LogP contribution in [0.3, 0.4) is 0 Å². The Kier molecular flexibility index (Phi) is 8.43. The Hall–Kier alpha value is -1.16. The highest BCUT2D eigenvalue weighted by Crippen LogP contribution is 1.99. The quantitative estimate of drug-likeness (QED) is 0.238. The van der Waals surface area contributed by atoms with E-state index in [2.05, 4.69) is 17.2 Å². The van der Waals surface area contributed by atoms with Crippen molar-refractivity contribution in [3.05, 3.63) is 23.2 Å². The summed E-state index contributed by atoms with van der Waals surface area (Å²) in [6.07, 6.45) is 5.43. The van der Waals surface area contributed by atoms with Crippen LogP contribution in [-0.2, 0) is 4.74 Å².